The Morgan fingerprint density at radius 3 is 1.70 bits per heavy atom. The zero-order valence-electron chi connectivity index (χ0n) is 13.1. The number of halogens is 1. The second-order valence-corrected chi connectivity index (χ2v) is 5.34. The first-order valence-corrected chi connectivity index (χ1v) is 8.84. The van der Waals surface area contributed by atoms with E-state index in [1.54, 1.807) is 0 Å². The minimum Gasteiger partial charge on any atom is -0.379 e. The Kier molecular flexibility index (Phi) is 17.6. The van der Waals surface area contributed by atoms with Gasteiger partial charge in [0, 0.05) is 11.9 Å². The molecule has 0 aliphatic heterocycles. The van der Waals surface area contributed by atoms with Gasteiger partial charge in [-0.25, -0.2) is 0 Å². The molecule has 0 radical (unpaired) electrons. The van der Waals surface area contributed by atoms with Crippen LogP contribution >= 0.6 is 15.9 Å². The third kappa shape index (κ3) is 14.7. The molecule has 0 heterocycles. The molecule has 0 amide bonds. The third-order valence-electron chi connectivity index (χ3n) is 2.91. The van der Waals surface area contributed by atoms with Gasteiger partial charge in [-0.1, -0.05) is 42.6 Å². The van der Waals surface area contributed by atoms with E-state index in [-0.39, 0.29) is 0 Å². The molecule has 0 spiro atoms. The third-order valence-corrected chi connectivity index (χ3v) is 3.82. The van der Waals surface area contributed by atoms with Crippen LogP contribution in [-0.4, -0.2) is 58.2 Å². The van der Waals surface area contributed by atoms with Gasteiger partial charge in [0.25, 0.3) is 0 Å². The smallest absolute Gasteiger partial charge is 0.0701 e. The van der Waals surface area contributed by atoms with Crippen LogP contribution in [0.15, 0.2) is 0 Å². The highest BCUT2D eigenvalue weighted by atomic mass is 79.9. The fourth-order valence-corrected chi connectivity index (χ4v) is 2.07. The van der Waals surface area contributed by atoms with Gasteiger partial charge in [0.2, 0.25) is 0 Å². The summed E-state index contributed by atoms with van der Waals surface area (Å²) in [6.07, 6.45) is 3.43. The molecule has 0 aliphatic carbocycles. The number of rotatable bonds is 16. The van der Waals surface area contributed by atoms with Crippen LogP contribution in [0.3, 0.4) is 0 Å². The molecular weight excluding hydrogens is 324 g/mol. The Bertz CT molecular complexity index is 177. The molecular formula is C15H31BrO4. The lowest BCUT2D eigenvalue weighted by Gasteiger charge is -2.12. The summed E-state index contributed by atoms with van der Waals surface area (Å²) in [6, 6.07) is 0. The van der Waals surface area contributed by atoms with Gasteiger partial charge in [-0.05, 0) is 12.3 Å². The van der Waals surface area contributed by atoms with Crippen molar-refractivity contribution in [1.29, 1.82) is 0 Å². The summed E-state index contributed by atoms with van der Waals surface area (Å²) in [6.45, 7) is 9.82. The summed E-state index contributed by atoms with van der Waals surface area (Å²) in [5, 5.41) is 0.999. The van der Waals surface area contributed by atoms with Gasteiger partial charge >= 0.3 is 0 Å². The van der Waals surface area contributed by atoms with Crippen molar-refractivity contribution in [2.24, 2.45) is 5.92 Å². The van der Waals surface area contributed by atoms with Gasteiger partial charge in [-0.15, -0.1) is 0 Å². The van der Waals surface area contributed by atoms with Crippen molar-refractivity contribution in [2.45, 2.75) is 33.1 Å². The molecule has 0 aliphatic rings. The van der Waals surface area contributed by atoms with E-state index in [0.29, 0.717) is 45.6 Å². The highest BCUT2D eigenvalue weighted by molar-refractivity contribution is 9.09. The average Bonchev–Trinajstić information content (AvgIpc) is 2.48. The Balaban J connectivity index is 3.02. The molecule has 122 valence electrons. The summed E-state index contributed by atoms with van der Waals surface area (Å²) in [7, 11) is 0. The minimum absolute atomic E-state index is 0.603. The molecule has 4 nitrogen and oxygen atoms in total. The fraction of sp³-hybridized carbons (Fsp3) is 1.00. The maximum absolute atomic E-state index is 5.54. The summed E-state index contributed by atoms with van der Waals surface area (Å²) < 4.78 is 21.8. The van der Waals surface area contributed by atoms with Crippen LogP contribution in [0.5, 0.6) is 0 Å². The summed E-state index contributed by atoms with van der Waals surface area (Å²) >= 11 is 3.48. The molecule has 0 bridgehead atoms. The normalized spacial score (nSPS) is 12.8. The lowest BCUT2D eigenvalue weighted by molar-refractivity contribution is -0.00532. The van der Waals surface area contributed by atoms with Crippen molar-refractivity contribution in [1.82, 2.24) is 0 Å². The van der Waals surface area contributed by atoms with E-state index in [0.717, 1.165) is 31.4 Å². The Morgan fingerprint density at radius 2 is 1.25 bits per heavy atom. The van der Waals surface area contributed by atoms with Crippen molar-refractivity contribution in [3.05, 3.63) is 0 Å². The number of alkyl halides is 1. The fourth-order valence-electron chi connectivity index (χ4n) is 1.43. The predicted molar refractivity (Wildman–Crippen MR) is 85.8 cm³/mol. The number of hydrogen-bond donors (Lipinski definition) is 0. The van der Waals surface area contributed by atoms with Crippen LogP contribution in [0.1, 0.15) is 33.1 Å². The van der Waals surface area contributed by atoms with Crippen LogP contribution in [0.25, 0.3) is 0 Å². The first-order chi connectivity index (χ1) is 9.85. The van der Waals surface area contributed by atoms with E-state index in [1.807, 2.05) is 0 Å². The van der Waals surface area contributed by atoms with Gasteiger partial charge in [-0.3, -0.25) is 0 Å². The van der Waals surface area contributed by atoms with Gasteiger partial charge in [-0.2, -0.15) is 0 Å². The Hall–Kier alpha value is 0.320. The monoisotopic (exact) mass is 354 g/mol. The molecule has 1 unspecified atom stereocenters. The standard InChI is InChI=1S/C15H31BrO4/c1-3-5-6-17-7-8-18-9-10-19-11-12-20-14-15(4-2)13-16/h15H,3-14H2,1-2H3. The summed E-state index contributed by atoms with van der Waals surface area (Å²) in [5.41, 5.74) is 0. The number of unbranched alkanes of at least 4 members (excludes halogenated alkanes) is 1. The number of ether oxygens (including phenoxy) is 4. The highest BCUT2D eigenvalue weighted by Crippen LogP contribution is 2.06. The second-order valence-electron chi connectivity index (χ2n) is 4.69. The minimum atomic E-state index is 0.603. The molecule has 0 N–H and O–H groups in total. The van der Waals surface area contributed by atoms with Crippen LogP contribution in [0.4, 0.5) is 0 Å². The van der Waals surface area contributed by atoms with E-state index in [9.17, 15) is 0 Å². The molecule has 5 heteroatoms. The molecule has 0 saturated heterocycles. The molecule has 1 atom stereocenters. The van der Waals surface area contributed by atoms with Crippen molar-refractivity contribution < 1.29 is 18.9 Å². The quantitative estimate of drug-likeness (QED) is 0.315. The van der Waals surface area contributed by atoms with Crippen LogP contribution in [0, 0.1) is 5.92 Å². The summed E-state index contributed by atoms with van der Waals surface area (Å²) in [4.78, 5) is 0. The Labute approximate surface area is 132 Å². The summed E-state index contributed by atoms with van der Waals surface area (Å²) in [5.74, 6) is 0.603. The molecule has 0 aromatic rings. The average molecular weight is 355 g/mol. The first kappa shape index (κ1) is 20.3. The first-order valence-electron chi connectivity index (χ1n) is 7.72. The maximum atomic E-state index is 5.54. The van der Waals surface area contributed by atoms with Gasteiger partial charge in [0.1, 0.15) is 0 Å². The van der Waals surface area contributed by atoms with Crippen molar-refractivity contribution in [3.8, 4) is 0 Å². The lowest BCUT2D eigenvalue weighted by atomic mass is 10.1. The van der Waals surface area contributed by atoms with Crippen molar-refractivity contribution in [2.75, 3.05) is 58.2 Å². The van der Waals surface area contributed by atoms with E-state index in [4.69, 9.17) is 18.9 Å². The van der Waals surface area contributed by atoms with E-state index in [1.165, 1.54) is 6.42 Å². The lowest BCUT2D eigenvalue weighted by Crippen LogP contribution is -2.15. The number of hydrogen-bond acceptors (Lipinski definition) is 4. The SMILES string of the molecule is CCCCOCCOCCOCCOCC(CC)CBr. The maximum Gasteiger partial charge on any atom is 0.0701 e. The van der Waals surface area contributed by atoms with Crippen molar-refractivity contribution >= 4 is 15.9 Å². The van der Waals surface area contributed by atoms with Gasteiger partial charge < -0.3 is 18.9 Å². The predicted octanol–water partition coefficient (Wildman–Crippen LogP) is 3.27. The topological polar surface area (TPSA) is 36.9 Å². The largest absolute Gasteiger partial charge is 0.379 e. The van der Waals surface area contributed by atoms with Crippen LogP contribution < -0.4 is 0 Å². The molecule has 0 rings (SSSR count). The highest BCUT2D eigenvalue weighted by Gasteiger charge is 2.03. The molecule has 0 saturated carbocycles. The van der Waals surface area contributed by atoms with E-state index >= 15 is 0 Å². The van der Waals surface area contributed by atoms with E-state index < -0.39 is 0 Å². The van der Waals surface area contributed by atoms with Gasteiger partial charge in [0.05, 0.1) is 46.2 Å². The van der Waals surface area contributed by atoms with Gasteiger partial charge in [0.15, 0.2) is 0 Å². The molecule has 0 fully saturated rings. The van der Waals surface area contributed by atoms with Crippen molar-refractivity contribution in [3.63, 3.8) is 0 Å². The molecule has 20 heavy (non-hydrogen) atoms. The van der Waals surface area contributed by atoms with Crippen LogP contribution in [0.2, 0.25) is 0 Å². The van der Waals surface area contributed by atoms with Crippen LogP contribution in [-0.2, 0) is 18.9 Å². The molecule has 0 aromatic heterocycles. The Morgan fingerprint density at radius 1 is 0.750 bits per heavy atom. The second kappa shape index (κ2) is 17.4. The van der Waals surface area contributed by atoms with E-state index in [2.05, 4.69) is 29.8 Å². The zero-order chi connectivity index (χ0) is 14.9. The molecule has 0 aromatic carbocycles. The zero-order valence-corrected chi connectivity index (χ0v) is 14.7.